The highest BCUT2D eigenvalue weighted by Gasteiger charge is 2.68. The van der Waals surface area contributed by atoms with Crippen LogP contribution in [0.25, 0.3) is 22.0 Å². The van der Waals surface area contributed by atoms with E-state index in [-0.39, 0.29) is 50.2 Å². The molecule has 0 radical (unpaired) electrons. The van der Waals surface area contributed by atoms with Crippen molar-refractivity contribution in [2.24, 2.45) is 5.92 Å². The fraction of sp³-hybridized carbons (Fsp3) is 0.458. The third-order valence-corrected chi connectivity index (χ3v) is 22.2. The van der Waals surface area contributed by atoms with E-state index in [0.29, 0.717) is 20.6 Å². The molecule has 4 atom stereocenters. The number of nitrogens with zero attached hydrogens (tertiary/aromatic N) is 6. The summed E-state index contributed by atoms with van der Waals surface area (Å²) in [6.45, 7) is 15.1. The van der Waals surface area contributed by atoms with Crippen molar-refractivity contribution in [3.05, 3.63) is 163 Å². The number of phosphoric acid groups is 1. The van der Waals surface area contributed by atoms with Crippen LogP contribution in [0.1, 0.15) is 181 Å². The highest BCUT2D eigenvalue weighted by atomic mass is 35.5. The number of amides is 3. The molecule has 21 nitrogen and oxygen atoms in total. The average Bonchev–Trinajstić information content (AvgIpc) is 1.51. The van der Waals surface area contributed by atoms with Gasteiger partial charge in [-0.1, -0.05) is 67.8 Å². The first-order valence-corrected chi connectivity index (χ1v) is 38.1. The monoisotopic (exact) mass is 1580 g/mol. The van der Waals surface area contributed by atoms with Crippen LogP contribution in [0.4, 0.5) is 43.9 Å². The average molecular weight is 1580 g/mol. The number of rotatable bonds is 26. The molecule has 3 N–H and O–H groups in total. The van der Waals surface area contributed by atoms with Crippen molar-refractivity contribution < 1.29 is 103 Å². The lowest BCUT2D eigenvalue weighted by atomic mass is 9.77. The Morgan fingerprint density at radius 2 is 1.47 bits per heavy atom. The van der Waals surface area contributed by atoms with Crippen molar-refractivity contribution in [1.29, 1.82) is 0 Å². The summed E-state index contributed by atoms with van der Waals surface area (Å²) in [6.07, 6.45) is -13.9. The van der Waals surface area contributed by atoms with Crippen molar-refractivity contribution in [2.75, 3.05) is 6.26 Å². The Balaban J connectivity index is 1.20. The van der Waals surface area contributed by atoms with Crippen molar-refractivity contribution in [1.82, 2.24) is 39.5 Å². The molecular weight excluding hydrogens is 1510 g/mol. The van der Waals surface area contributed by atoms with Gasteiger partial charge in [0, 0.05) is 63.3 Å². The molecule has 1 fully saturated rings. The number of esters is 1. The fourth-order valence-electron chi connectivity index (χ4n) is 12.7. The second kappa shape index (κ2) is 30.3. The van der Waals surface area contributed by atoms with Crippen LogP contribution in [-0.4, -0.2) is 105 Å². The minimum absolute atomic E-state index is 0.0660. The molecule has 4 aromatic carbocycles. The van der Waals surface area contributed by atoms with Gasteiger partial charge < -0.3 is 19.9 Å². The number of carbonyl (C=O) groups excluding carboxylic acids is 4. The Morgan fingerprint density at radius 1 is 0.850 bits per heavy atom. The van der Waals surface area contributed by atoms with Gasteiger partial charge in [0.25, 0.3) is 23.1 Å². The zero-order chi connectivity index (χ0) is 79.6. The van der Waals surface area contributed by atoms with E-state index in [1.54, 1.807) is 65.0 Å². The van der Waals surface area contributed by atoms with Crippen molar-refractivity contribution >= 4 is 75.1 Å². The number of hydrogen-bond donors (Lipinski definition) is 3. The molecule has 2 aliphatic rings. The molecule has 7 aromatic rings. The Morgan fingerprint density at radius 3 is 2.04 bits per heavy atom. The molecule has 9 rings (SSSR count). The molecule has 1 unspecified atom stereocenters. The van der Waals surface area contributed by atoms with Gasteiger partial charge >= 0.3 is 26.1 Å². The zero-order valence-corrected chi connectivity index (χ0v) is 63.7. The van der Waals surface area contributed by atoms with Crippen molar-refractivity contribution in [3.63, 3.8) is 0 Å². The lowest BCUT2D eigenvalue weighted by molar-refractivity contribution is -0.154. The van der Waals surface area contributed by atoms with Gasteiger partial charge in [0.05, 0.1) is 58.7 Å². The molecule has 3 aromatic heterocycles. The van der Waals surface area contributed by atoms with E-state index in [4.69, 9.17) is 29.9 Å². The van der Waals surface area contributed by atoms with Crippen LogP contribution < -0.4 is 15.2 Å². The van der Waals surface area contributed by atoms with Crippen LogP contribution in [0.15, 0.2) is 84.9 Å². The van der Waals surface area contributed by atoms with E-state index in [2.05, 4.69) is 37.7 Å². The summed E-state index contributed by atoms with van der Waals surface area (Å²) in [6, 6.07) is 16.1. The number of halogens is 11. The number of benzene rings is 4. The second-order valence-electron chi connectivity index (χ2n) is 29.4. The van der Waals surface area contributed by atoms with Crippen LogP contribution >= 0.6 is 19.4 Å². The standard InChI is InChI=1S/C72H78ClF10N8O13PS2/c1-38(2)102-105(96,103-39(3)4)104-54-30-42(65(95)86-69(12,13)43-18-16-15-17-19-43)29-41(31-57(94)101-66(5,6)7)60(54)67(8,9)34-56(93)91(106(97)98)35-53-59-51(73)23-22-48(62(59)90(87-53)37-70(76,77)78)47-21-20-46(24-25-68(10,11)107(14,99)100)84-61(47)52(28-40-26-44(74)32-45(75)27-40)85-55(92)36-89-64-58(63(88-89)72(81,82)83)49-33-50(49)71(64,79)80/h15-23,26-27,29-30,32,38-39,49-50,52H,28,31,33-37H2,1-14H3,(H,85,92)(H,86,95)(H,97,98)/t49-,50+,52-/m0/s1. The number of pyridine rings is 1. The van der Waals surface area contributed by atoms with Crippen LogP contribution in [0.5, 0.6) is 5.75 Å². The van der Waals surface area contributed by atoms with Crippen LogP contribution in [-0.2, 0) is 109 Å². The van der Waals surface area contributed by atoms with E-state index in [0.717, 1.165) is 36.6 Å². The van der Waals surface area contributed by atoms with E-state index in [9.17, 15) is 49.3 Å². The Hall–Kier alpha value is -8.25. The van der Waals surface area contributed by atoms with E-state index in [1.165, 1.54) is 73.6 Å². The highest BCUT2D eigenvalue weighted by Crippen LogP contribution is 2.68. The third kappa shape index (κ3) is 19.3. The number of nitrogens with one attached hydrogen (secondary N) is 2. The molecule has 3 amide bonds. The molecule has 0 saturated heterocycles. The highest BCUT2D eigenvalue weighted by molar-refractivity contribution is 7.92. The first kappa shape index (κ1) is 82.8. The van der Waals surface area contributed by atoms with Gasteiger partial charge in [-0.3, -0.25) is 42.1 Å². The Kier molecular flexibility index (Phi) is 23.5. The van der Waals surface area contributed by atoms with Gasteiger partial charge in [-0.15, -0.1) is 0 Å². The molecule has 0 spiro atoms. The summed E-state index contributed by atoms with van der Waals surface area (Å²) >= 11 is 3.53. The normalized spacial score (nSPS) is 16.0. The summed E-state index contributed by atoms with van der Waals surface area (Å²) in [5, 5.41) is 12.3. The number of aromatic nitrogens is 5. The summed E-state index contributed by atoms with van der Waals surface area (Å²) in [5.74, 6) is -8.53. The van der Waals surface area contributed by atoms with Crippen molar-refractivity contribution in [3.8, 4) is 28.7 Å². The minimum atomic E-state index is -5.27. The largest absolute Gasteiger partial charge is 0.530 e. The SMILES string of the molecule is CC(C)OP(=O)(Oc1cc(C(=O)NC(C)(C)c2ccccc2)cc(CC(=O)OC(C)(C)C)c1C(C)(C)CC(=O)N(Cc1nn(CC(F)(F)F)c2c(-c3ccc(C#CC(C)(C)S(C)(=O)=O)nc3[C@H](Cc3cc(F)cc(F)c3)NC(=O)Cn3nc(C(F)(F)F)c4c3C(F)(F)[C@@H]3C[C@H]43)ccc(Cl)c12)S(=O)O)OC(C)C. The van der Waals surface area contributed by atoms with E-state index in [1.807, 2.05) is 0 Å². The topological polar surface area (TPSA) is 270 Å². The molecule has 3 heterocycles. The molecule has 2 aliphatic carbocycles. The first-order chi connectivity index (χ1) is 49.2. The number of alkyl halides is 8. The minimum Gasteiger partial charge on any atom is -0.460 e. The van der Waals surface area contributed by atoms with Gasteiger partial charge in [0.15, 0.2) is 15.5 Å². The summed E-state index contributed by atoms with van der Waals surface area (Å²) in [4.78, 5) is 63.1. The molecule has 35 heteroatoms. The summed E-state index contributed by atoms with van der Waals surface area (Å²) in [5.41, 5.74) is -10.2. The maximum atomic E-state index is 15.9. The number of fused-ring (bicyclic) bond motifs is 4. The Labute approximate surface area is 618 Å². The van der Waals surface area contributed by atoms with Crippen LogP contribution in [0.2, 0.25) is 5.02 Å². The molecule has 0 aliphatic heterocycles. The number of phosphoric ester groups is 1. The smallest absolute Gasteiger partial charge is 0.460 e. The van der Waals surface area contributed by atoms with E-state index < -0.39 is 223 Å². The third-order valence-electron chi connectivity index (χ3n) is 17.4. The maximum absolute atomic E-state index is 15.9. The summed E-state index contributed by atoms with van der Waals surface area (Å²) in [7, 11) is -8.78. The lowest BCUT2D eigenvalue weighted by Crippen LogP contribution is -2.41. The fourth-order valence-corrected chi connectivity index (χ4v) is 15.2. The second-order valence-corrected chi connectivity index (χ2v) is 34.8. The quantitative estimate of drug-likeness (QED) is 0.0149. The van der Waals surface area contributed by atoms with Crippen molar-refractivity contribution in [2.45, 2.75) is 199 Å². The van der Waals surface area contributed by atoms with Gasteiger partial charge in [0.2, 0.25) is 11.8 Å². The van der Waals surface area contributed by atoms with Gasteiger partial charge in [0.1, 0.15) is 52.2 Å². The zero-order valence-electron chi connectivity index (χ0n) is 60.4. The number of sulfone groups is 1. The first-order valence-electron chi connectivity index (χ1n) is 33.3. The summed E-state index contributed by atoms with van der Waals surface area (Å²) < 4.78 is 240. The lowest BCUT2D eigenvalue weighted by Gasteiger charge is -2.33. The van der Waals surface area contributed by atoms with Crippen LogP contribution in [0.3, 0.4) is 0 Å². The van der Waals surface area contributed by atoms with Gasteiger partial charge in [-0.25, -0.2) is 35.3 Å². The predicted molar refractivity (Wildman–Crippen MR) is 375 cm³/mol. The van der Waals surface area contributed by atoms with Gasteiger partial charge in [-0.2, -0.15) is 45.3 Å². The number of carbonyl (C=O) groups is 4. The number of ether oxygens (including phenoxy) is 1. The molecule has 107 heavy (non-hydrogen) atoms. The molecular formula is C72H78ClF10N8O13PS2. The predicted octanol–water partition coefficient (Wildman–Crippen LogP) is 15.0. The van der Waals surface area contributed by atoms with E-state index >= 15 is 35.5 Å². The molecule has 1 saturated carbocycles. The van der Waals surface area contributed by atoms with Gasteiger partial charge in [-0.05, 0) is 160 Å². The molecule has 0 bridgehead atoms. The Bertz CT molecular complexity index is 4880. The number of hydrogen-bond acceptors (Lipinski definition) is 15. The molecule has 578 valence electrons. The maximum Gasteiger partial charge on any atom is 0.530 e. The van der Waals surface area contributed by atoms with Crippen LogP contribution in [0, 0.1) is 29.4 Å².